The van der Waals surface area contributed by atoms with Gasteiger partial charge < -0.3 is 9.47 Å². The lowest BCUT2D eigenvalue weighted by molar-refractivity contribution is -0.138. The molecule has 1 aliphatic heterocycles. The second-order valence-corrected chi connectivity index (χ2v) is 4.46. The Morgan fingerprint density at radius 2 is 2.11 bits per heavy atom. The summed E-state index contributed by atoms with van der Waals surface area (Å²) in [6.07, 6.45) is 0.347. The van der Waals surface area contributed by atoms with Crippen LogP contribution in [0.25, 0.3) is 5.57 Å². The van der Waals surface area contributed by atoms with Gasteiger partial charge in [0.05, 0.1) is 12.2 Å². The maximum Gasteiger partial charge on any atom is 0.337 e. The molecule has 0 amide bonds. The fraction of sp³-hybridized carbons (Fsp3) is 0.312. The van der Waals surface area contributed by atoms with Crippen LogP contribution in [0.5, 0.6) is 0 Å². The van der Waals surface area contributed by atoms with Gasteiger partial charge in [-0.05, 0) is 25.0 Å². The lowest BCUT2D eigenvalue weighted by Gasteiger charge is -2.14. The molecule has 1 atom stereocenters. The molecule has 1 aromatic rings. The third-order valence-electron chi connectivity index (χ3n) is 3.19. The monoisotopic (exact) mass is 258 g/mol. The molecule has 19 heavy (non-hydrogen) atoms. The highest BCUT2D eigenvalue weighted by Crippen LogP contribution is 2.33. The Bertz CT molecular complexity index is 514. The number of carbonyl (C=O) groups is 1. The normalized spacial score (nSPS) is 18.1. The molecule has 0 saturated carbocycles. The van der Waals surface area contributed by atoms with Crippen LogP contribution < -0.4 is 0 Å². The molecular formula is C16H18O3. The Kier molecular flexibility index (Phi) is 4.05. The van der Waals surface area contributed by atoms with Gasteiger partial charge >= 0.3 is 5.97 Å². The number of benzene rings is 1. The predicted molar refractivity (Wildman–Crippen MR) is 74.3 cm³/mol. The van der Waals surface area contributed by atoms with Gasteiger partial charge in [-0.3, -0.25) is 0 Å². The Morgan fingerprint density at radius 1 is 1.42 bits per heavy atom. The summed E-state index contributed by atoms with van der Waals surface area (Å²) in [6.45, 7) is 8.04. The molecule has 0 aliphatic carbocycles. The Morgan fingerprint density at radius 3 is 2.74 bits per heavy atom. The molecule has 0 fully saturated rings. The van der Waals surface area contributed by atoms with Crippen molar-refractivity contribution in [2.24, 2.45) is 0 Å². The van der Waals surface area contributed by atoms with Crippen LogP contribution in [0.2, 0.25) is 0 Å². The van der Waals surface area contributed by atoms with Crippen LogP contribution in [-0.2, 0) is 14.3 Å². The van der Waals surface area contributed by atoms with Crippen molar-refractivity contribution in [3.8, 4) is 0 Å². The van der Waals surface area contributed by atoms with Crippen molar-refractivity contribution in [3.05, 3.63) is 53.8 Å². The van der Waals surface area contributed by atoms with E-state index in [9.17, 15) is 4.79 Å². The van der Waals surface area contributed by atoms with Gasteiger partial charge in [0.15, 0.2) is 0 Å². The lowest BCUT2D eigenvalue weighted by atomic mass is 9.98. The zero-order valence-electron chi connectivity index (χ0n) is 11.3. The van der Waals surface area contributed by atoms with Crippen molar-refractivity contribution in [1.29, 1.82) is 0 Å². The van der Waals surface area contributed by atoms with Gasteiger partial charge in [-0.15, -0.1) is 0 Å². The highest BCUT2D eigenvalue weighted by atomic mass is 16.5. The van der Waals surface area contributed by atoms with Crippen molar-refractivity contribution in [2.45, 2.75) is 26.4 Å². The fourth-order valence-electron chi connectivity index (χ4n) is 2.13. The van der Waals surface area contributed by atoms with Crippen LogP contribution in [0.1, 0.15) is 25.8 Å². The van der Waals surface area contributed by atoms with E-state index in [1.165, 1.54) is 0 Å². The van der Waals surface area contributed by atoms with Gasteiger partial charge in [-0.25, -0.2) is 4.79 Å². The van der Waals surface area contributed by atoms with E-state index in [1.54, 1.807) is 13.8 Å². The van der Waals surface area contributed by atoms with Crippen molar-refractivity contribution in [1.82, 2.24) is 0 Å². The second kappa shape index (κ2) is 5.74. The molecular weight excluding hydrogens is 240 g/mol. The molecule has 1 aliphatic rings. The molecule has 1 aromatic carbocycles. The molecule has 100 valence electrons. The third-order valence-corrected chi connectivity index (χ3v) is 3.19. The topological polar surface area (TPSA) is 35.5 Å². The quantitative estimate of drug-likeness (QED) is 0.777. The molecule has 2 rings (SSSR count). The lowest BCUT2D eigenvalue weighted by Crippen LogP contribution is -2.11. The van der Waals surface area contributed by atoms with Crippen molar-refractivity contribution in [3.63, 3.8) is 0 Å². The predicted octanol–water partition coefficient (Wildman–Crippen LogP) is 3.33. The van der Waals surface area contributed by atoms with Gasteiger partial charge in [-0.2, -0.15) is 0 Å². The molecule has 0 radical (unpaired) electrons. The van der Waals surface area contributed by atoms with Crippen LogP contribution in [-0.4, -0.2) is 18.7 Å². The van der Waals surface area contributed by atoms with E-state index in [-0.39, 0.29) is 12.1 Å². The average Bonchev–Trinajstić information content (AvgIpc) is 2.81. The van der Waals surface area contributed by atoms with Gasteiger partial charge in [0.2, 0.25) is 0 Å². The molecule has 1 unspecified atom stereocenters. The van der Waals surface area contributed by atoms with E-state index in [4.69, 9.17) is 9.47 Å². The number of rotatable bonds is 4. The standard InChI is InChI=1S/C16H18O3/c1-4-18-16(17)14-10-15(19-12(14)3)11(2)13-8-6-5-7-9-13/h5-9,15H,2,4,10H2,1,3H3. The Balaban J connectivity index is 2.08. The van der Waals surface area contributed by atoms with Crippen LogP contribution in [0.3, 0.4) is 0 Å². The SMILES string of the molecule is C=C(c1ccccc1)C1CC(C(=O)OCC)=C(C)O1. The number of hydrogen-bond donors (Lipinski definition) is 0. The van der Waals surface area contributed by atoms with Gasteiger partial charge in [-0.1, -0.05) is 36.9 Å². The van der Waals surface area contributed by atoms with Crippen LogP contribution >= 0.6 is 0 Å². The number of esters is 1. The minimum atomic E-state index is -0.289. The van der Waals surface area contributed by atoms with Crippen LogP contribution in [0, 0.1) is 0 Å². The molecule has 3 heteroatoms. The Hall–Kier alpha value is -2.03. The van der Waals surface area contributed by atoms with Gasteiger partial charge in [0, 0.05) is 6.42 Å². The zero-order chi connectivity index (χ0) is 13.8. The highest BCUT2D eigenvalue weighted by Gasteiger charge is 2.30. The molecule has 0 saturated heterocycles. The minimum absolute atomic E-state index is 0.179. The summed E-state index contributed by atoms with van der Waals surface area (Å²) in [6, 6.07) is 9.86. The molecule has 1 heterocycles. The number of allylic oxidation sites excluding steroid dienone is 1. The zero-order valence-corrected chi connectivity index (χ0v) is 11.3. The third kappa shape index (κ3) is 2.87. The van der Waals surface area contributed by atoms with Crippen molar-refractivity contribution < 1.29 is 14.3 Å². The summed E-state index contributed by atoms with van der Waals surface area (Å²) >= 11 is 0. The van der Waals surface area contributed by atoms with Gasteiger partial charge in [0.25, 0.3) is 0 Å². The first-order chi connectivity index (χ1) is 9.13. The molecule has 0 aromatic heterocycles. The summed E-state index contributed by atoms with van der Waals surface area (Å²) < 4.78 is 10.8. The number of carbonyl (C=O) groups excluding carboxylic acids is 1. The minimum Gasteiger partial charge on any atom is -0.489 e. The summed E-state index contributed by atoms with van der Waals surface area (Å²) in [5.41, 5.74) is 2.54. The smallest absolute Gasteiger partial charge is 0.337 e. The Labute approximate surface area is 113 Å². The first-order valence-electron chi connectivity index (χ1n) is 6.41. The number of ether oxygens (including phenoxy) is 2. The maximum atomic E-state index is 11.8. The molecule has 0 N–H and O–H groups in total. The summed E-state index contributed by atoms with van der Waals surface area (Å²) in [7, 11) is 0. The first-order valence-corrected chi connectivity index (χ1v) is 6.41. The van der Waals surface area contributed by atoms with E-state index >= 15 is 0 Å². The summed E-state index contributed by atoms with van der Waals surface area (Å²) in [5.74, 6) is 0.351. The van der Waals surface area contributed by atoms with Crippen LogP contribution in [0.15, 0.2) is 48.2 Å². The summed E-state index contributed by atoms with van der Waals surface area (Å²) in [5, 5.41) is 0. The number of hydrogen-bond acceptors (Lipinski definition) is 3. The van der Waals surface area contributed by atoms with Crippen LogP contribution in [0.4, 0.5) is 0 Å². The summed E-state index contributed by atoms with van der Waals surface area (Å²) in [4.78, 5) is 11.8. The van der Waals surface area contributed by atoms with E-state index < -0.39 is 0 Å². The average molecular weight is 258 g/mol. The van der Waals surface area contributed by atoms with E-state index in [0.717, 1.165) is 11.1 Å². The van der Waals surface area contributed by atoms with Gasteiger partial charge in [0.1, 0.15) is 11.9 Å². The highest BCUT2D eigenvalue weighted by molar-refractivity contribution is 5.90. The first kappa shape index (κ1) is 13.4. The maximum absolute atomic E-state index is 11.8. The fourth-order valence-corrected chi connectivity index (χ4v) is 2.13. The van der Waals surface area contributed by atoms with E-state index in [0.29, 0.717) is 24.4 Å². The molecule has 0 bridgehead atoms. The van der Waals surface area contributed by atoms with Crippen molar-refractivity contribution >= 4 is 11.5 Å². The van der Waals surface area contributed by atoms with E-state index in [1.807, 2.05) is 30.3 Å². The van der Waals surface area contributed by atoms with Crippen molar-refractivity contribution in [2.75, 3.05) is 6.61 Å². The largest absolute Gasteiger partial charge is 0.489 e. The van der Waals surface area contributed by atoms with E-state index in [2.05, 4.69) is 6.58 Å². The molecule has 3 nitrogen and oxygen atoms in total. The second-order valence-electron chi connectivity index (χ2n) is 4.46. The molecule has 0 spiro atoms.